The Hall–Kier alpha value is -0.790. The van der Waals surface area contributed by atoms with E-state index >= 15 is 0 Å². The SMILES string of the molecule is CC(C)C[n+]1cc[nH]c1. The van der Waals surface area contributed by atoms with E-state index in [1.165, 1.54) is 0 Å². The van der Waals surface area contributed by atoms with Crippen LogP contribution in [0.1, 0.15) is 13.8 Å². The summed E-state index contributed by atoms with van der Waals surface area (Å²) in [5.74, 6) is 0.728. The Labute approximate surface area is 55.5 Å². The van der Waals surface area contributed by atoms with Crippen LogP contribution in [0.15, 0.2) is 18.7 Å². The highest BCUT2D eigenvalue weighted by Crippen LogP contribution is 1.88. The zero-order valence-electron chi connectivity index (χ0n) is 5.96. The molecule has 1 rings (SSSR count). The second-order valence-electron chi connectivity index (χ2n) is 2.70. The Morgan fingerprint density at radius 2 is 2.33 bits per heavy atom. The summed E-state index contributed by atoms with van der Waals surface area (Å²) in [7, 11) is 0. The molecule has 0 aliphatic heterocycles. The molecule has 2 nitrogen and oxygen atoms in total. The predicted octanol–water partition coefficient (Wildman–Crippen LogP) is 0.958. The van der Waals surface area contributed by atoms with Crippen molar-refractivity contribution < 1.29 is 4.57 Å². The van der Waals surface area contributed by atoms with Gasteiger partial charge < -0.3 is 0 Å². The molecule has 1 N–H and O–H groups in total. The van der Waals surface area contributed by atoms with Gasteiger partial charge in [0.25, 0.3) is 0 Å². The Balaban J connectivity index is 2.48. The summed E-state index contributed by atoms with van der Waals surface area (Å²) in [5, 5.41) is 0. The molecule has 0 unspecified atom stereocenters. The number of nitrogens with zero attached hydrogens (tertiary/aromatic N) is 1. The number of aromatic nitrogens is 2. The van der Waals surface area contributed by atoms with Crippen molar-refractivity contribution in [3.05, 3.63) is 18.7 Å². The van der Waals surface area contributed by atoms with Crippen LogP contribution in [-0.4, -0.2) is 4.98 Å². The van der Waals surface area contributed by atoms with Crippen molar-refractivity contribution in [2.24, 2.45) is 5.92 Å². The number of hydrogen-bond acceptors (Lipinski definition) is 0. The lowest BCUT2D eigenvalue weighted by Crippen LogP contribution is -2.33. The van der Waals surface area contributed by atoms with Crippen LogP contribution in [0.5, 0.6) is 0 Å². The molecule has 1 heterocycles. The lowest BCUT2D eigenvalue weighted by atomic mass is 10.2. The summed E-state index contributed by atoms with van der Waals surface area (Å²) >= 11 is 0. The number of aromatic amines is 1. The Morgan fingerprint density at radius 1 is 1.56 bits per heavy atom. The van der Waals surface area contributed by atoms with E-state index in [0.29, 0.717) is 0 Å². The molecule has 50 valence electrons. The van der Waals surface area contributed by atoms with E-state index in [0.717, 1.165) is 12.5 Å². The van der Waals surface area contributed by atoms with Gasteiger partial charge in [0.1, 0.15) is 12.4 Å². The molecule has 0 atom stereocenters. The molecular weight excluding hydrogens is 112 g/mol. The minimum atomic E-state index is 0.728. The maximum atomic E-state index is 3.00. The molecule has 0 saturated carbocycles. The second-order valence-corrected chi connectivity index (χ2v) is 2.70. The molecule has 9 heavy (non-hydrogen) atoms. The van der Waals surface area contributed by atoms with Crippen molar-refractivity contribution in [3.8, 4) is 0 Å². The summed E-state index contributed by atoms with van der Waals surface area (Å²) in [6.07, 6.45) is 5.95. The first kappa shape index (κ1) is 6.33. The Morgan fingerprint density at radius 3 is 2.78 bits per heavy atom. The molecule has 0 radical (unpaired) electrons. The molecule has 0 amide bonds. The van der Waals surface area contributed by atoms with Crippen molar-refractivity contribution in [2.45, 2.75) is 20.4 Å². The summed E-state index contributed by atoms with van der Waals surface area (Å²) in [5.41, 5.74) is 0. The van der Waals surface area contributed by atoms with Gasteiger partial charge in [-0.1, -0.05) is 13.8 Å². The molecule has 0 saturated heterocycles. The molecular formula is C7H13N2+. The monoisotopic (exact) mass is 125 g/mol. The molecule has 0 spiro atoms. The Kier molecular flexibility index (Phi) is 1.88. The lowest BCUT2D eigenvalue weighted by molar-refractivity contribution is -0.701. The summed E-state index contributed by atoms with van der Waals surface area (Å²) in [4.78, 5) is 3.00. The first-order valence-corrected chi connectivity index (χ1v) is 3.31. The van der Waals surface area contributed by atoms with E-state index < -0.39 is 0 Å². The zero-order chi connectivity index (χ0) is 6.69. The van der Waals surface area contributed by atoms with E-state index in [9.17, 15) is 0 Å². The van der Waals surface area contributed by atoms with Crippen LogP contribution in [0.3, 0.4) is 0 Å². The third kappa shape index (κ3) is 1.88. The fraction of sp³-hybridized carbons (Fsp3) is 0.571. The quantitative estimate of drug-likeness (QED) is 0.568. The van der Waals surface area contributed by atoms with Crippen LogP contribution >= 0.6 is 0 Å². The van der Waals surface area contributed by atoms with Gasteiger partial charge in [0, 0.05) is 0 Å². The number of imidazole rings is 1. The van der Waals surface area contributed by atoms with Crippen LogP contribution in [-0.2, 0) is 6.54 Å². The molecule has 0 aromatic carbocycles. The van der Waals surface area contributed by atoms with E-state index in [1.54, 1.807) is 0 Å². The predicted molar refractivity (Wildman–Crippen MR) is 35.8 cm³/mol. The van der Waals surface area contributed by atoms with Gasteiger partial charge in [-0.2, -0.15) is 0 Å². The standard InChI is InChI=1S/C7H12N2/c1-7(2)5-9-4-3-8-6-9/h3-4,6-7H,5H2,1-2H3/p+1. The van der Waals surface area contributed by atoms with E-state index in [4.69, 9.17) is 0 Å². The van der Waals surface area contributed by atoms with Gasteiger partial charge in [0.2, 0.25) is 6.33 Å². The highest BCUT2D eigenvalue weighted by Gasteiger charge is 1.98. The average Bonchev–Trinajstić information content (AvgIpc) is 2.15. The van der Waals surface area contributed by atoms with Crippen molar-refractivity contribution >= 4 is 0 Å². The molecule has 0 aliphatic rings. The van der Waals surface area contributed by atoms with Crippen LogP contribution in [0.4, 0.5) is 0 Å². The molecule has 0 aliphatic carbocycles. The fourth-order valence-electron chi connectivity index (χ4n) is 0.856. The normalized spacial score (nSPS) is 10.6. The maximum absolute atomic E-state index is 3.00. The molecule has 2 heteroatoms. The van der Waals surface area contributed by atoms with E-state index in [1.807, 2.05) is 18.7 Å². The van der Waals surface area contributed by atoms with Crippen LogP contribution in [0.25, 0.3) is 0 Å². The molecule has 1 aromatic heterocycles. The second kappa shape index (κ2) is 2.67. The maximum Gasteiger partial charge on any atom is 0.241 e. The smallest absolute Gasteiger partial charge is 0.241 e. The molecule has 0 bridgehead atoms. The van der Waals surface area contributed by atoms with Crippen molar-refractivity contribution in [1.82, 2.24) is 4.98 Å². The largest absolute Gasteiger partial charge is 0.250 e. The highest BCUT2D eigenvalue weighted by molar-refractivity contribution is 4.55. The Bertz CT molecular complexity index is 153. The molecule has 1 aromatic rings. The van der Waals surface area contributed by atoms with Gasteiger partial charge in [-0.25, -0.2) is 4.57 Å². The summed E-state index contributed by atoms with van der Waals surface area (Å²) in [6.45, 7) is 5.52. The topological polar surface area (TPSA) is 19.7 Å². The fourth-order valence-corrected chi connectivity index (χ4v) is 0.856. The van der Waals surface area contributed by atoms with Gasteiger partial charge >= 0.3 is 0 Å². The highest BCUT2D eigenvalue weighted by atomic mass is 15.0. The van der Waals surface area contributed by atoms with Crippen molar-refractivity contribution in [3.63, 3.8) is 0 Å². The minimum Gasteiger partial charge on any atom is -0.250 e. The first-order chi connectivity index (χ1) is 4.29. The average molecular weight is 125 g/mol. The van der Waals surface area contributed by atoms with Gasteiger partial charge in [-0.3, -0.25) is 4.98 Å². The number of rotatable bonds is 2. The molecule has 0 fully saturated rings. The third-order valence-corrected chi connectivity index (χ3v) is 1.18. The zero-order valence-corrected chi connectivity index (χ0v) is 5.96. The number of nitrogens with one attached hydrogen (secondary N) is 1. The number of H-pyrrole nitrogens is 1. The first-order valence-electron chi connectivity index (χ1n) is 3.31. The minimum absolute atomic E-state index is 0.728. The van der Waals surface area contributed by atoms with Gasteiger partial charge in [-0.15, -0.1) is 0 Å². The van der Waals surface area contributed by atoms with Crippen LogP contribution in [0.2, 0.25) is 0 Å². The van der Waals surface area contributed by atoms with E-state index in [-0.39, 0.29) is 0 Å². The lowest BCUT2D eigenvalue weighted by Gasteiger charge is -1.97. The van der Waals surface area contributed by atoms with Crippen molar-refractivity contribution in [1.29, 1.82) is 0 Å². The summed E-state index contributed by atoms with van der Waals surface area (Å²) in [6, 6.07) is 0. The third-order valence-electron chi connectivity index (χ3n) is 1.18. The van der Waals surface area contributed by atoms with Crippen molar-refractivity contribution in [2.75, 3.05) is 0 Å². The van der Waals surface area contributed by atoms with Crippen LogP contribution < -0.4 is 4.57 Å². The van der Waals surface area contributed by atoms with E-state index in [2.05, 4.69) is 23.4 Å². The number of hydrogen-bond donors (Lipinski definition) is 1. The summed E-state index contributed by atoms with van der Waals surface area (Å²) < 4.78 is 2.14. The van der Waals surface area contributed by atoms with Gasteiger partial charge in [-0.05, 0) is 5.92 Å². The van der Waals surface area contributed by atoms with Gasteiger partial charge in [0.15, 0.2) is 0 Å². The van der Waals surface area contributed by atoms with Crippen LogP contribution in [0, 0.1) is 5.92 Å². The van der Waals surface area contributed by atoms with Gasteiger partial charge in [0.05, 0.1) is 6.54 Å².